The van der Waals surface area contributed by atoms with Crippen LogP contribution in [-0.2, 0) is 11.2 Å². The lowest BCUT2D eigenvalue weighted by molar-refractivity contribution is -0.121. The fraction of sp³-hybridized carbons (Fsp3) is 0.562. The van der Waals surface area contributed by atoms with E-state index in [0.717, 1.165) is 31.5 Å². The summed E-state index contributed by atoms with van der Waals surface area (Å²) >= 11 is 0. The van der Waals surface area contributed by atoms with E-state index in [4.69, 9.17) is 0 Å². The van der Waals surface area contributed by atoms with Gasteiger partial charge < -0.3 is 10.6 Å². The highest BCUT2D eigenvalue weighted by molar-refractivity contribution is 5.78. The van der Waals surface area contributed by atoms with E-state index in [2.05, 4.69) is 36.6 Å². The number of aryl methyl sites for hydroxylation is 1. The Labute approximate surface area is 115 Å². The molecular formula is C16H24N2O. The quantitative estimate of drug-likeness (QED) is 0.870. The van der Waals surface area contributed by atoms with E-state index in [1.54, 1.807) is 0 Å². The SMILES string of the molecule is Cc1ccc(CC(=O)NC(C)C2CCNCC2)cc1. The number of benzene rings is 1. The molecule has 1 amide bonds. The summed E-state index contributed by atoms with van der Waals surface area (Å²) in [6.45, 7) is 6.33. The van der Waals surface area contributed by atoms with Gasteiger partial charge in [-0.2, -0.15) is 0 Å². The van der Waals surface area contributed by atoms with Gasteiger partial charge in [-0.3, -0.25) is 4.79 Å². The van der Waals surface area contributed by atoms with Gasteiger partial charge in [0.15, 0.2) is 0 Å². The van der Waals surface area contributed by atoms with Gasteiger partial charge in [0.1, 0.15) is 0 Å². The van der Waals surface area contributed by atoms with Crippen molar-refractivity contribution in [2.45, 2.75) is 39.2 Å². The molecule has 0 bridgehead atoms. The Balaban J connectivity index is 1.81. The third-order valence-electron chi connectivity index (χ3n) is 3.96. The third-order valence-corrected chi connectivity index (χ3v) is 3.96. The second kappa shape index (κ2) is 6.71. The highest BCUT2D eigenvalue weighted by atomic mass is 16.1. The van der Waals surface area contributed by atoms with Crippen LogP contribution in [0.3, 0.4) is 0 Å². The number of carbonyl (C=O) groups excluding carboxylic acids is 1. The molecule has 0 aliphatic carbocycles. The zero-order valence-corrected chi connectivity index (χ0v) is 11.9. The van der Waals surface area contributed by atoms with Crippen LogP contribution in [0.25, 0.3) is 0 Å². The summed E-state index contributed by atoms with van der Waals surface area (Å²) in [7, 11) is 0. The number of rotatable bonds is 4. The minimum atomic E-state index is 0.134. The third kappa shape index (κ3) is 4.35. The monoisotopic (exact) mass is 260 g/mol. The summed E-state index contributed by atoms with van der Waals surface area (Å²) in [5.74, 6) is 0.748. The lowest BCUT2D eigenvalue weighted by Gasteiger charge is -2.28. The molecule has 1 aromatic carbocycles. The molecule has 0 saturated carbocycles. The first kappa shape index (κ1) is 14.1. The van der Waals surface area contributed by atoms with Crippen LogP contribution in [0.2, 0.25) is 0 Å². The van der Waals surface area contributed by atoms with Crippen LogP contribution >= 0.6 is 0 Å². The zero-order chi connectivity index (χ0) is 13.7. The van der Waals surface area contributed by atoms with Crippen molar-refractivity contribution >= 4 is 5.91 Å². The standard InChI is InChI=1S/C16H24N2O/c1-12-3-5-14(6-4-12)11-16(19)18-13(2)15-7-9-17-10-8-15/h3-6,13,15,17H,7-11H2,1-2H3,(H,18,19). The predicted molar refractivity (Wildman–Crippen MR) is 78.1 cm³/mol. The molecule has 1 aliphatic heterocycles. The van der Waals surface area contributed by atoms with Gasteiger partial charge in [0.2, 0.25) is 5.91 Å². The number of hydrogen-bond donors (Lipinski definition) is 2. The first-order valence-electron chi connectivity index (χ1n) is 7.21. The molecule has 1 fully saturated rings. The molecule has 3 heteroatoms. The lowest BCUT2D eigenvalue weighted by atomic mass is 9.91. The van der Waals surface area contributed by atoms with Gasteiger partial charge in [-0.1, -0.05) is 29.8 Å². The van der Waals surface area contributed by atoms with E-state index >= 15 is 0 Å². The molecule has 1 saturated heterocycles. The van der Waals surface area contributed by atoms with Gasteiger partial charge in [-0.25, -0.2) is 0 Å². The van der Waals surface area contributed by atoms with Crippen LogP contribution in [0.15, 0.2) is 24.3 Å². The molecule has 1 atom stereocenters. The predicted octanol–water partition coefficient (Wildman–Crippen LogP) is 2.04. The van der Waals surface area contributed by atoms with Crippen LogP contribution in [-0.4, -0.2) is 25.0 Å². The summed E-state index contributed by atoms with van der Waals surface area (Å²) in [4.78, 5) is 12.0. The van der Waals surface area contributed by atoms with Crippen LogP contribution in [0.5, 0.6) is 0 Å². The van der Waals surface area contributed by atoms with Crippen molar-refractivity contribution in [3.8, 4) is 0 Å². The minimum absolute atomic E-state index is 0.134. The Morgan fingerprint density at radius 1 is 1.32 bits per heavy atom. The van der Waals surface area contributed by atoms with Crippen LogP contribution in [0, 0.1) is 12.8 Å². The first-order chi connectivity index (χ1) is 9.15. The van der Waals surface area contributed by atoms with Crippen molar-refractivity contribution in [2.24, 2.45) is 5.92 Å². The number of piperidine rings is 1. The Kier molecular flexibility index (Phi) is 4.97. The maximum atomic E-state index is 12.0. The smallest absolute Gasteiger partial charge is 0.224 e. The van der Waals surface area contributed by atoms with E-state index in [1.165, 1.54) is 5.56 Å². The molecule has 0 aromatic heterocycles. The molecule has 3 nitrogen and oxygen atoms in total. The van der Waals surface area contributed by atoms with E-state index in [-0.39, 0.29) is 11.9 Å². The molecule has 1 unspecified atom stereocenters. The molecule has 1 aromatic rings. The average Bonchev–Trinajstić information content (AvgIpc) is 2.42. The Morgan fingerprint density at radius 3 is 2.58 bits per heavy atom. The van der Waals surface area contributed by atoms with Gasteiger partial charge >= 0.3 is 0 Å². The fourth-order valence-corrected chi connectivity index (χ4v) is 2.66. The van der Waals surface area contributed by atoms with Crippen molar-refractivity contribution < 1.29 is 4.79 Å². The number of carbonyl (C=O) groups is 1. The fourth-order valence-electron chi connectivity index (χ4n) is 2.66. The summed E-state index contributed by atoms with van der Waals surface area (Å²) in [6, 6.07) is 8.45. The second-order valence-electron chi connectivity index (χ2n) is 5.61. The molecule has 0 spiro atoms. The lowest BCUT2D eigenvalue weighted by Crippen LogP contribution is -2.43. The number of nitrogens with one attached hydrogen (secondary N) is 2. The van der Waals surface area contributed by atoms with Crippen molar-refractivity contribution in [3.05, 3.63) is 35.4 Å². The van der Waals surface area contributed by atoms with Crippen molar-refractivity contribution in [1.82, 2.24) is 10.6 Å². The maximum absolute atomic E-state index is 12.0. The highest BCUT2D eigenvalue weighted by Crippen LogP contribution is 2.16. The second-order valence-corrected chi connectivity index (χ2v) is 5.61. The van der Waals surface area contributed by atoms with Crippen molar-refractivity contribution in [1.29, 1.82) is 0 Å². The van der Waals surface area contributed by atoms with E-state index in [9.17, 15) is 4.79 Å². The molecular weight excluding hydrogens is 236 g/mol. The molecule has 104 valence electrons. The van der Waals surface area contributed by atoms with E-state index in [1.807, 2.05) is 12.1 Å². The summed E-state index contributed by atoms with van der Waals surface area (Å²) in [6.07, 6.45) is 2.80. The Bertz CT molecular complexity index is 407. The van der Waals surface area contributed by atoms with Gasteiger partial charge in [0, 0.05) is 6.04 Å². The van der Waals surface area contributed by atoms with Gasteiger partial charge in [-0.05, 0) is 51.3 Å². The van der Waals surface area contributed by atoms with Crippen molar-refractivity contribution in [2.75, 3.05) is 13.1 Å². The Morgan fingerprint density at radius 2 is 1.95 bits per heavy atom. The number of hydrogen-bond acceptors (Lipinski definition) is 2. The summed E-state index contributed by atoms with van der Waals surface area (Å²) in [5.41, 5.74) is 2.31. The largest absolute Gasteiger partial charge is 0.353 e. The normalized spacial score (nSPS) is 18.0. The number of amides is 1. The van der Waals surface area contributed by atoms with Crippen LogP contribution < -0.4 is 10.6 Å². The first-order valence-corrected chi connectivity index (χ1v) is 7.21. The molecule has 1 heterocycles. The van der Waals surface area contributed by atoms with Gasteiger partial charge in [-0.15, -0.1) is 0 Å². The summed E-state index contributed by atoms with van der Waals surface area (Å²) < 4.78 is 0. The van der Waals surface area contributed by atoms with Crippen LogP contribution in [0.1, 0.15) is 30.9 Å². The minimum Gasteiger partial charge on any atom is -0.353 e. The van der Waals surface area contributed by atoms with Crippen molar-refractivity contribution in [3.63, 3.8) is 0 Å². The molecule has 2 N–H and O–H groups in total. The van der Waals surface area contributed by atoms with Gasteiger partial charge in [0.25, 0.3) is 0 Å². The topological polar surface area (TPSA) is 41.1 Å². The van der Waals surface area contributed by atoms with E-state index in [0.29, 0.717) is 12.3 Å². The maximum Gasteiger partial charge on any atom is 0.224 e. The zero-order valence-electron chi connectivity index (χ0n) is 11.9. The average molecular weight is 260 g/mol. The molecule has 2 rings (SSSR count). The molecule has 0 radical (unpaired) electrons. The van der Waals surface area contributed by atoms with Gasteiger partial charge in [0.05, 0.1) is 6.42 Å². The van der Waals surface area contributed by atoms with Crippen LogP contribution in [0.4, 0.5) is 0 Å². The highest BCUT2D eigenvalue weighted by Gasteiger charge is 2.21. The Hall–Kier alpha value is -1.35. The summed E-state index contributed by atoms with van der Waals surface area (Å²) in [5, 5.41) is 6.50. The molecule has 19 heavy (non-hydrogen) atoms. The van der Waals surface area contributed by atoms with E-state index < -0.39 is 0 Å². The molecule has 1 aliphatic rings.